The normalized spacial score (nSPS) is 11.2. The SMILES string of the molecule is O=[N+]([O-])c1ccc[n+](S(=O)(=O)O)c1. The molecule has 0 unspecified atom stereocenters. The Morgan fingerprint density at radius 1 is 1.54 bits per heavy atom. The molecule has 1 aromatic rings. The van der Waals surface area contributed by atoms with Gasteiger partial charge < -0.3 is 0 Å². The van der Waals surface area contributed by atoms with Gasteiger partial charge in [-0.1, -0.05) is 3.97 Å². The number of hydrogen-bond donors (Lipinski definition) is 1. The Morgan fingerprint density at radius 2 is 2.15 bits per heavy atom. The van der Waals surface area contributed by atoms with Crippen LogP contribution in [-0.4, -0.2) is 17.9 Å². The van der Waals surface area contributed by atoms with E-state index < -0.39 is 20.9 Å². The van der Waals surface area contributed by atoms with E-state index in [1.165, 1.54) is 0 Å². The first-order valence-electron chi connectivity index (χ1n) is 3.05. The Kier molecular flexibility index (Phi) is 2.26. The molecule has 1 heterocycles. The average molecular weight is 205 g/mol. The van der Waals surface area contributed by atoms with E-state index in [4.69, 9.17) is 4.55 Å². The molecule has 0 aromatic carbocycles. The van der Waals surface area contributed by atoms with Crippen LogP contribution in [0.25, 0.3) is 0 Å². The zero-order chi connectivity index (χ0) is 10.1. The maximum Gasteiger partial charge on any atom is 0.511 e. The fourth-order valence-corrected chi connectivity index (χ4v) is 1.16. The molecule has 0 amide bonds. The lowest BCUT2D eigenvalue weighted by atomic mass is 10.4. The van der Waals surface area contributed by atoms with E-state index in [9.17, 15) is 18.5 Å². The topological polar surface area (TPSA) is 101 Å². The Morgan fingerprint density at radius 3 is 2.62 bits per heavy atom. The molecule has 70 valence electrons. The molecule has 0 fully saturated rings. The molecule has 0 aliphatic carbocycles. The highest BCUT2D eigenvalue weighted by Crippen LogP contribution is 2.04. The van der Waals surface area contributed by atoms with Crippen LogP contribution in [-0.2, 0) is 10.3 Å². The van der Waals surface area contributed by atoms with Crippen molar-refractivity contribution in [1.29, 1.82) is 0 Å². The molecular formula is C5H5N2O5S+. The molecule has 0 spiro atoms. The first-order valence-corrected chi connectivity index (χ1v) is 4.44. The Bertz CT molecular complexity index is 440. The van der Waals surface area contributed by atoms with Gasteiger partial charge in [0.15, 0.2) is 6.20 Å². The van der Waals surface area contributed by atoms with Crippen molar-refractivity contribution < 1.29 is 21.9 Å². The van der Waals surface area contributed by atoms with Gasteiger partial charge >= 0.3 is 16.0 Å². The van der Waals surface area contributed by atoms with Gasteiger partial charge in [0, 0.05) is 12.1 Å². The first-order chi connectivity index (χ1) is 5.91. The van der Waals surface area contributed by atoms with E-state index in [1.807, 2.05) is 0 Å². The van der Waals surface area contributed by atoms with E-state index in [0.717, 1.165) is 18.3 Å². The van der Waals surface area contributed by atoms with Crippen LogP contribution in [0.2, 0.25) is 0 Å². The molecule has 0 bridgehead atoms. The molecule has 13 heavy (non-hydrogen) atoms. The van der Waals surface area contributed by atoms with E-state index >= 15 is 0 Å². The van der Waals surface area contributed by atoms with Crippen molar-refractivity contribution in [3.63, 3.8) is 0 Å². The molecule has 0 radical (unpaired) electrons. The monoisotopic (exact) mass is 205 g/mol. The van der Waals surface area contributed by atoms with Gasteiger partial charge in [0.05, 0.1) is 4.92 Å². The highest BCUT2D eigenvalue weighted by atomic mass is 32.2. The molecule has 0 saturated carbocycles. The molecule has 0 saturated heterocycles. The molecule has 0 aliphatic heterocycles. The fraction of sp³-hybridized carbons (Fsp3) is 0. The molecule has 1 aromatic heterocycles. The molecule has 1 N–H and O–H groups in total. The summed E-state index contributed by atoms with van der Waals surface area (Å²) in [5, 5.41) is 10.2. The van der Waals surface area contributed by atoms with Crippen molar-refractivity contribution in [1.82, 2.24) is 0 Å². The minimum Gasteiger partial charge on any atom is -0.258 e. The number of nitrogens with zero attached hydrogens (tertiary/aromatic N) is 2. The third-order valence-corrected chi connectivity index (χ3v) is 2.00. The van der Waals surface area contributed by atoms with Gasteiger partial charge in [0.25, 0.3) is 6.20 Å². The van der Waals surface area contributed by atoms with Crippen molar-refractivity contribution in [2.24, 2.45) is 0 Å². The second kappa shape index (κ2) is 3.07. The summed E-state index contributed by atoms with van der Waals surface area (Å²) >= 11 is 0. The molecule has 1 rings (SSSR count). The molecule has 0 aliphatic rings. The second-order valence-electron chi connectivity index (χ2n) is 2.13. The molecule has 8 heteroatoms. The van der Waals surface area contributed by atoms with E-state index in [-0.39, 0.29) is 0 Å². The highest BCUT2D eigenvalue weighted by Gasteiger charge is 2.21. The van der Waals surface area contributed by atoms with E-state index in [2.05, 4.69) is 0 Å². The van der Waals surface area contributed by atoms with Gasteiger partial charge in [-0.15, -0.1) is 8.42 Å². The number of aromatic nitrogens is 1. The first kappa shape index (κ1) is 9.55. The number of nitro groups is 1. The Hall–Kier alpha value is -1.54. The number of rotatable bonds is 2. The van der Waals surface area contributed by atoms with Crippen molar-refractivity contribution in [2.75, 3.05) is 0 Å². The van der Waals surface area contributed by atoms with E-state index in [0.29, 0.717) is 10.2 Å². The smallest absolute Gasteiger partial charge is 0.258 e. The van der Waals surface area contributed by atoms with Gasteiger partial charge in [-0.2, -0.15) is 0 Å². The largest absolute Gasteiger partial charge is 0.511 e. The minimum atomic E-state index is -4.45. The van der Waals surface area contributed by atoms with Crippen LogP contribution in [0.15, 0.2) is 24.5 Å². The summed E-state index contributed by atoms with van der Waals surface area (Å²) in [5.74, 6) is 0. The summed E-state index contributed by atoms with van der Waals surface area (Å²) in [6.45, 7) is 0. The van der Waals surface area contributed by atoms with Gasteiger partial charge in [-0.05, 0) is 0 Å². The third-order valence-electron chi connectivity index (χ3n) is 1.24. The minimum absolute atomic E-state index is 0.352. The van der Waals surface area contributed by atoms with Crippen molar-refractivity contribution in [3.05, 3.63) is 34.6 Å². The Labute approximate surface area is 73.3 Å². The van der Waals surface area contributed by atoms with Crippen molar-refractivity contribution in [3.8, 4) is 0 Å². The number of hydrogen-bond acceptors (Lipinski definition) is 4. The van der Waals surface area contributed by atoms with Crippen molar-refractivity contribution >= 4 is 16.0 Å². The molecule has 7 nitrogen and oxygen atoms in total. The fourth-order valence-electron chi connectivity index (χ4n) is 0.694. The van der Waals surface area contributed by atoms with Gasteiger partial charge in [-0.3, -0.25) is 10.1 Å². The van der Waals surface area contributed by atoms with Crippen LogP contribution in [0.5, 0.6) is 0 Å². The quantitative estimate of drug-likeness (QED) is 0.304. The lowest BCUT2D eigenvalue weighted by molar-refractivity contribution is -0.527. The third kappa shape index (κ3) is 2.20. The lowest BCUT2D eigenvalue weighted by Crippen LogP contribution is -2.41. The summed E-state index contributed by atoms with van der Waals surface area (Å²) in [4.78, 5) is 9.43. The highest BCUT2D eigenvalue weighted by molar-refractivity contribution is 7.79. The second-order valence-corrected chi connectivity index (χ2v) is 3.44. The van der Waals surface area contributed by atoms with Crippen LogP contribution in [0.4, 0.5) is 5.69 Å². The zero-order valence-electron chi connectivity index (χ0n) is 6.19. The summed E-state index contributed by atoms with van der Waals surface area (Å²) in [6.07, 6.45) is 1.69. The summed E-state index contributed by atoms with van der Waals surface area (Å²) in [6, 6.07) is 2.26. The summed E-state index contributed by atoms with van der Waals surface area (Å²) < 4.78 is 29.9. The zero-order valence-corrected chi connectivity index (χ0v) is 7.01. The van der Waals surface area contributed by atoms with Crippen LogP contribution < -0.4 is 3.97 Å². The maximum atomic E-state index is 10.5. The van der Waals surface area contributed by atoms with Crippen LogP contribution in [0, 0.1) is 10.1 Å². The summed E-state index contributed by atoms with van der Waals surface area (Å²) in [7, 11) is -4.45. The van der Waals surface area contributed by atoms with Crippen LogP contribution >= 0.6 is 0 Å². The van der Waals surface area contributed by atoms with Gasteiger partial charge in [-0.25, -0.2) is 4.55 Å². The van der Waals surface area contributed by atoms with Gasteiger partial charge in [0.1, 0.15) is 0 Å². The number of pyridine rings is 1. The van der Waals surface area contributed by atoms with Gasteiger partial charge in [0.2, 0.25) is 0 Å². The Balaban J connectivity index is 3.29. The maximum absolute atomic E-state index is 10.5. The van der Waals surface area contributed by atoms with E-state index in [1.54, 1.807) is 0 Å². The standard InChI is InChI=1S/C5H4N2O5S/c8-7(9)5-2-1-3-6(4-5)13(10,11)12/h1-4H/p+1. The predicted molar refractivity (Wildman–Crippen MR) is 40.2 cm³/mol. The van der Waals surface area contributed by atoms with Crippen molar-refractivity contribution in [2.45, 2.75) is 0 Å². The predicted octanol–water partition coefficient (Wildman–Crippen LogP) is -0.467. The lowest BCUT2D eigenvalue weighted by Gasteiger charge is -1.89. The van der Waals surface area contributed by atoms with Crippen LogP contribution in [0.3, 0.4) is 0 Å². The average Bonchev–Trinajstić information content (AvgIpc) is 2.03. The molecule has 0 atom stereocenters. The summed E-state index contributed by atoms with van der Waals surface area (Å²) in [5.41, 5.74) is -0.417. The van der Waals surface area contributed by atoms with Crippen LogP contribution in [0.1, 0.15) is 0 Å². The molecular weight excluding hydrogens is 200 g/mol.